The number of anilines is 1. The number of nitrogens with zero attached hydrogens (tertiary/aromatic N) is 1. The van der Waals surface area contributed by atoms with Gasteiger partial charge in [-0.05, 0) is 32.0 Å². The molecule has 0 atom stereocenters. The second-order valence-electron chi connectivity index (χ2n) is 4.64. The van der Waals surface area contributed by atoms with Gasteiger partial charge in [-0.15, -0.1) is 0 Å². The molecule has 0 heterocycles. The molecule has 22 heavy (non-hydrogen) atoms. The largest absolute Gasteiger partial charge is 0.492 e. The minimum absolute atomic E-state index is 0.0780. The lowest BCUT2D eigenvalue weighted by molar-refractivity contribution is -0.385. The molecular weight excluding hydrogens is 284 g/mol. The molecular formula is C16H16N2O4. The number of nitrogens with one attached hydrogen (secondary N) is 1. The van der Waals surface area contributed by atoms with Gasteiger partial charge in [-0.3, -0.25) is 14.9 Å². The molecule has 0 saturated heterocycles. The average molecular weight is 300 g/mol. The predicted molar refractivity (Wildman–Crippen MR) is 83.4 cm³/mol. The number of carbonyl (C=O) groups is 1. The molecule has 0 fully saturated rings. The SMILES string of the molecule is CCOc1ccccc1NC(=O)c1ccc(C)c([N+](=O)[O-])c1. The van der Waals surface area contributed by atoms with Crippen molar-refractivity contribution >= 4 is 17.3 Å². The van der Waals surface area contributed by atoms with Crippen LogP contribution in [0.1, 0.15) is 22.8 Å². The Morgan fingerprint density at radius 3 is 2.68 bits per heavy atom. The first-order chi connectivity index (χ1) is 10.5. The van der Waals surface area contributed by atoms with Gasteiger partial charge in [-0.25, -0.2) is 0 Å². The van der Waals surface area contributed by atoms with E-state index in [1.54, 1.807) is 43.3 Å². The highest BCUT2D eigenvalue weighted by atomic mass is 16.6. The fraction of sp³-hybridized carbons (Fsp3) is 0.188. The van der Waals surface area contributed by atoms with Crippen molar-refractivity contribution in [3.05, 3.63) is 63.7 Å². The van der Waals surface area contributed by atoms with Gasteiger partial charge in [0.15, 0.2) is 0 Å². The van der Waals surface area contributed by atoms with E-state index in [1.807, 2.05) is 6.92 Å². The van der Waals surface area contributed by atoms with Crippen LogP contribution in [-0.4, -0.2) is 17.4 Å². The van der Waals surface area contributed by atoms with Crippen molar-refractivity contribution in [2.24, 2.45) is 0 Å². The third kappa shape index (κ3) is 3.41. The van der Waals surface area contributed by atoms with Crippen molar-refractivity contribution in [3.8, 4) is 5.75 Å². The van der Waals surface area contributed by atoms with Crippen LogP contribution in [0, 0.1) is 17.0 Å². The zero-order valence-corrected chi connectivity index (χ0v) is 12.3. The van der Waals surface area contributed by atoms with E-state index in [4.69, 9.17) is 4.74 Å². The van der Waals surface area contributed by atoms with Crippen LogP contribution in [0.15, 0.2) is 42.5 Å². The Hall–Kier alpha value is -2.89. The number of rotatable bonds is 5. The summed E-state index contributed by atoms with van der Waals surface area (Å²) < 4.78 is 5.43. The van der Waals surface area contributed by atoms with E-state index in [0.29, 0.717) is 23.6 Å². The predicted octanol–water partition coefficient (Wildman–Crippen LogP) is 3.55. The van der Waals surface area contributed by atoms with Crippen LogP contribution >= 0.6 is 0 Å². The van der Waals surface area contributed by atoms with Crippen LogP contribution in [0.2, 0.25) is 0 Å². The smallest absolute Gasteiger partial charge is 0.273 e. The van der Waals surface area contributed by atoms with Crippen LogP contribution in [0.5, 0.6) is 5.75 Å². The fourth-order valence-corrected chi connectivity index (χ4v) is 1.99. The van der Waals surface area contributed by atoms with Gasteiger partial charge in [0.25, 0.3) is 11.6 Å². The van der Waals surface area contributed by atoms with E-state index in [1.165, 1.54) is 6.07 Å². The number of aryl methyl sites for hydroxylation is 1. The molecule has 114 valence electrons. The maximum atomic E-state index is 12.3. The van der Waals surface area contributed by atoms with Crippen molar-refractivity contribution in [1.29, 1.82) is 0 Å². The summed E-state index contributed by atoms with van der Waals surface area (Å²) in [5, 5.41) is 13.7. The highest BCUT2D eigenvalue weighted by molar-refractivity contribution is 6.05. The van der Waals surface area contributed by atoms with Gasteiger partial charge in [0.1, 0.15) is 5.75 Å². The summed E-state index contributed by atoms with van der Waals surface area (Å²) in [5.41, 5.74) is 1.18. The summed E-state index contributed by atoms with van der Waals surface area (Å²) >= 11 is 0. The quantitative estimate of drug-likeness (QED) is 0.676. The van der Waals surface area contributed by atoms with Gasteiger partial charge >= 0.3 is 0 Å². The number of carbonyl (C=O) groups excluding carboxylic acids is 1. The Morgan fingerprint density at radius 2 is 2.00 bits per heavy atom. The molecule has 2 rings (SSSR count). The van der Waals surface area contributed by atoms with Crippen LogP contribution in [0.4, 0.5) is 11.4 Å². The van der Waals surface area contributed by atoms with E-state index in [0.717, 1.165) is 0 Å². The summed E-state index contributed by atoms with van der Waals surface area (Å²) in [6.07, 6.45) is 0. The molecule has 0 spiro atoms. The lowest BCUT2D eigenvalue weighted by Gasteiger charge is -2.11. The van der Waals surface area contributed by atoms with Crippen molar-refractivity contribution in [1.82, 2.24) is 0 Å². The van der Waals surface area contributed by atoms with Crippen LogP contribution in [0.25, 0.3) is 0 Å². The Labute approximate surface area is 127 Å². The third-order valence-corrected chi connectivity index (χ3v) is 3.10. The number of amides is 1. The molecule has 2 aromatic carbocycles. The van der Waals surface area contributed by atoms with Crippen molar-refractivity contribution < 1.29 is 14.5 Å². The van der Waals surface area contributed by atoms with Crippen molar-refractivity contribution in [3.63, 3.8) is 0 Å². The monoisotopic (exact) mass is 300 g/mol. The van der Waals surface area contributed by atoms with Crippen LogP contribution in [0.3, 0.4) is 0 Å². The number of hydrogen-bond donors (Lipinski definition) is 1. The van der Waals surface area contributed by atoms with Gasteiger partial charge in [-0.2, -0.15) is 0 Å². The van der Waals surface area contributed by atoms with Crippen molar-refractivity contribution in [2.45, 2.75) is 13.8 Å². The van der Waals surface area contributed by atoms with E-state index in [9.17, 15) is 14.9 Å². The number of nitro benzene ring substituents is 1. The van der Waals surface area contributed by atoms with E-state index in [-0.39, 0.29) is 11.3 Å². The molecule has 6 nitrogen and oxygen atoms in total. The molecule has 1 amide bonds. The third-order valence-electron chi connectivity index (χ3n) is 3.10. The Kier molecular flexibility index (Phi) is 4.73. The number of hydrogen-bond acceptors (Lipinski definition) is 4. The molecule has 0 aliphatic rings. The molecule has 0 saturated carbocycles. The molecule has 0 radical (unpaired) electrons. The first-order valence-corrected chi connectivity index (χ1v) is 6.81. The maximum Gasteiger partial charge on any atom is 0.273 e. The molecule has 2 aromatic rings. The first kappa shape index (κ1) is 15.5. The summed E-state index contributed by atoms with van der Waals surface area (Å²) in [5.74, 6) is 0.134. The average Bonchev–Trinajstić information content (AvgIpc) is 2.49. The lowest BCUT2D eigenvalue weighted by atomic mass is 10.1. The lowest BCUT2D eigenvalue weighted by Crippen LogP contribution is -2.13. The second kappa shape index (κ2) is 6.71. The summed E-state index contributed by atoms with van der Waals surface area (Å²) in [6, 6.07) is 11.4. The van der Waals surface area contributed by atoms with Gasteiger partial charge < -0.3 is 10.1 Å². The molecule has 0 unspecified atom stereocenters. The van der Waals surface area contributed by atoms with Crippen molar-refractivity contribution in [2.75, 3.05) is 11.9 Å². The van der Waals surface area contributed by atoms with E-state index < -0.39 is 10.8 Å². The Morgan fingerprint density at radius 1 is 1.27 bits per heavy atom. The fourth-order valence-electron chi connectivity index (χ4n) is 1.99. The number of benzene rings is 2. The zero-order valence-electron chi connectivity index (χ0n) is 12.3. The van der Waals surface area contributed by atoms with Crippen LogP contribution in [-0.2, 0) is 0 Å². The molecule has 0 aliphatic carbocycles. The molecule has 0 bridgehead atoms. The number of nitro groups is 1. The van der Waals surface area contributed by atoms with Gasteiger partial charge in [0.05, 0.1) is 17.2 Å². The Bertz CT molecular complexity index is 713. The summed E-state index contributed by atoms with van der Waals surface area (Å²) in [4.78, 5) is 22.7. The van der Waals surface area contributed by atoms with Gasteiger partial charge in [-0.1, -0.05) is 18.2 Å². The number of ether oxygens (including phenoxy) is 1. The molecule has 1 N–H and O–H groups in total. The minimum atomic E-state index is -0.500. The molecule has 0 aliphatic heterocycles. The highest BCUT2D eigenvalue weighted by Crippen LogP contribution is 2.25. The Balaban J connectivity index is 2.26. The molecule has 0 aromatic heterocycles. The van der Waals surface area contributed by atoms with Gasteiger partial charge in [0.2, 0.25) is 0 Å². The van der Waals surface area contributed by atoms with E-state index >= 15 is 0 Å². The standard InChI is InChI=1S/C16H16N2O4/c1-3-22-15-7-5-4-6-13(15)17-16(19)12-9-8-11(2)14(10-12)18(20)21/h4-10H,3H2,1-2H3,(H,17,19). The van der Waals surface area contributed by atoms with Crippen LogP contribution < -0.4 is 10.1 Å². The molecule has 6 heteroatoms. The zero-order chi connectivity index (χ0) is 16.1. The summed E-state index contributed by atoms with van der Waals surface area (Å²) in [7, 11) is 0. The minimum Gasteiger partial charge on any atom is -0.492 e. The maximum absolute atomic E-state index is 12.3. The first-order valence-electron chi connectivity index (χ1n) is 6.81. The normalized spacial score (nSPS) is 10.1. The topological polar surface area (TPSA) is 81.5 Å². The number of para-hydroxylation sites is 2. The van der Waals surface area contributed by atoms with Gasteiger partial charge in [0, 0.05) is 17.2 Å². The summed E-state index contributed by atoms with van der Waals surface area (Å²) in [6.45, 7) is 3.95. The highest BCUT2D eigenvalue weighted by Gasteiger charge is 2.16. The van der Waals surface area contributed by atoms with E-state index in [2.05, 4.69) is 5.32 Å². The second-order valence-corrected chi connectivity index (χ2v) is 4.64.